The van der Waals surface area contributed by atoms with Crippen LogP contribution in [0, 0.1) is 0 Å². The first-order valence-electron chi connectivity index (χ1n) is 7.19. The van der Waals surface area contributed by atoms with Crippen LogP contribution in [0.5, 0.6) is 0 Å². The van der Waals surface area contributed by atoms with Gasteiger partial charge >= 0.3 is 0 Å². The van der Waals surface area contributed by atoms with Crippen molar-refractivity contribution in [2.45, 2.75) is 64.2 Å². The molecule has 1 saturated carbocycles. The molecule has 6 heteroatoms. The normalized spacial score (nSPS) is 19.8. The van der Waals surface area contributed by atoms with Crippen LogP contribution in [0.2, 0.25) is 0 Å². The molecule has 0 bridgehead atoms. The molecule has 2 N–H and O–H groups in total. The van der Waals surface area contributed by atoms with Gasteiger partial charge in [0.05, 0.1) is 12.6 Å². The predicted octanol–water partition coefficient (Wildman–Crippen LogP) is 0.371. The Bertz CT molecular complexity index is 466. The second-order valence-electron chi connectivity index (χ2n) is 5.53. The van der Waals surface area contributed by atoms with Crippen LogP contribution in [0.15, 0.2) is 0 Å². The molecule has 3 rings (SSSR count). The van der Waals surface area contributed by atoms with Gasteiger partial charge in [0.2, 0.25) is 5.91 Å². The highest BCUT2D eigenvalue weighted by Gasteiger charge is 2.25. The van der Waals surface area contributed by atoms with E-state index in [1.54, 1.807) is 0 Å². The van der Waals surface area contributed by atoms with Gasteiger partial charge in [-0.25, -0.2) is 0 Å². The average Bonchev–Trinajstić information content (AvgIpc) is 3.14. The quantitative estimate of drug-likeness (QED) is 0.805. The molecule has 1 unspecified atom stereocenters. The summed E-state index contributed by atoms with van der Waals surface area (Å²) in [5.74, 6) is 2.11. The monoisotopic (exact) mass is 263 g/mol. The standard InChI is InChI=1S/C13H21N5O/c1-9(13(19)15-10-5-6-10)14-8-12-17-16-11-4-2-3-7-18(11)12/h9-10,14H,2-8H2,1H3,(H,15,19). The number of hydrogen-bond acceptors (Lipinski definition) is 4. The third-order valence-corrected chi connectivity index (χ3v) is 3.82. The predicted molar refractivity (Wildman–Crippen MR) is 70.4 cm³/mol. The van der Waals surface area contributed by atoms with Crippen LogP contribution in [0.1, 0.15) is 44.3 Å². The van der Waals surface area contributed by atoms with Crippen LogP contribution < -0.4 is 10.6 Å². The third-order valence-electron chi connectivity index (χ3n) is 3.82. The molecule has 1 aliphatic carbocycles. The van der Waals surface area contributed by atoms with Gasteiger partial charge in [-0.2, -0.15) is 0 Å². The molecule has 19 heavy (non-hydrogen) atoms. The van der Waals surface area contributed by atoms with Crippen molar-refractivity contribution in [2.24, 2.45) is 0 Å². The van der Waals surface area contributed by atoms with E-state index in [-0.39, 0.29) is 11.9 Å². The van der Waals surface area contributed by atoms with Crippen molar-refractivity contribution in [1.29, 1.82) is 0 Å². The SMILES string of the molecule is CC(NCc1nnc2n1CCCC2)C(=O)NC1CC1. The van der Waals surface area contributed by atoms with Crippen molar-refractivity contribution in [3.05, 3.63) is 11.6 Å². The topological polar surface area (TPSA) is 71.8 Å². The van der Waals surface area contributed by atoms with Gasteiger partial charge in [0.25, 0.3) is 0 Å². The molecule has 1 aromatic heterocycles. The summed E-state index contributed by atoms with van der Waals surface area (Å²) in [5.41, 5.74) is 0. The van der Waals surface area contributed by atoms with Crippen LogP contribution in [0.4, 0.5) is 0 Å². The van der Waals surface area contributed by atoms with E-state index < -0.39 is 0 Å². The number of fused-ring (bicyclic) bond motifs is 1. The maximum atomic E-state index is 11.8. The summed E-state index contributed by atoms with van der Waals surface area (Å²) in [6.45, 7) is 3.50. The zero-order valence-corrected chi connectivity index (χ0v) is 11.4. The highest BCUT2D eigenvalue weighted by Crippen LogP contribution is 2.18. The van der Waals surface area contributed by atoms with Crippen LogP contribution in [-0.2, 0) is 24.3 Å². The lowest BCUT2D eigenvalue weighted by molar-refractivity contribution is -0.122. The summed E-state index contributed by atoms with van der Waals surface area (Å²) in [7, 11) is 0. The van der Waals surface area contributed by atoms with Crippen LogP contribution >= 0.6 is 0 Å². The number of hydrogen-bond donors (Lipinski definition) is 2. The van der Waals surface area contributed by atoms with Crippen LogP contribution in [0.25, 0.3) is 0 Å². The van der Waals surface area contributed by atoms with Crippen LogP contribution in [0.3, 0.4) is 0 Å². The van der Waals surface area contributed by atoms with E-state index in [0.717, 1.165) is 37.5 Å². The Morgan fingerprint density at radius 2 is 2.26 bits per heavy atom. The first-order valence-corrected chi connectivity index (χ1v) is 7.19. The highest BCUT2D eigenvalue weighted by atomic mass is 16.2. The summed E-state index contributed by atoms with van der Waals surface area (Å²) < 4.78 is 2.18. The Labute approximate surface area is 113 Å². The largest absolute Gasteiger partial charge is 0.352 e. The van der Waals surface area contributed by atoms with Crippen molar-refractivity contribution in [1.82, 2.24) is 25.4 Å². The number of aromatic nitrogens is 3. The minimum absolute atomic E-state index is 0.0842. The van der Waals surface area contributed by atoms with Gasteiger partial charge in [0, 0.05) is 19.0 Å². The zero-order valence-electron chi connectivity index (χ0n) is 11.4. The molecule has 1 fully saturated rings. The average molecular weight is 263 g/mol. The summed E-state index contributed by atoms with van der Waals surface area (Å²) in [6.07, 6.45) is 5.65. The zero-order chi connectivity index (χ0) is 13.2. The van der Waals surface area contributed by atoms with E-state index in [1.165, 1.54) is 12.8 Å². The molecule has 0 radical (unpaired) electrons. The number of nitrogens with zero attached hydrogens (tertiary/aromatic N) is 3. The van der Waals surface area contributed by atoms with E-state index >= 15 is 0 Å². The Kier molecular flexibility index (Phi) is 3.50. The maximum absolute atomic E-state index is 11.8. The lowest BCUT2D eigenvalue weighted by Crippen LogP contribution is -2.43. The third kappa shape index (κ3) is 2.94. The fourth-order valence-corrected chi connectivity index (χ4v) is 2.39. The van der Waals surface area contributed by atoms with Gasteiger partial charge in [-0.05, 0) is 32.6 Å². The number of carbonyl (C=O) groups excluding carboxylic acids is 1. The molecule has 2 heterocycles. The Morgan fingerprint density at radius 1 is 1.42 bits per heavy atom. The Morgan fingerprint density at radius 3 is 3.05 bits per heavy atom. The van der Waals surface area contributed by atoms with E-state index in [9.17, 15) is 4.79 Å². The number of carbonyl (C=O) groups is 1. The second-order valence-corrected chi connectivity index (χ2v) is 5.53. The van der Waals surface area contributed by atoms with Crippen molar-refractivity contribution in [3.8, 4) is 0 Å². The van der Waals surface area contributed by atoms with E-state index in [0.29, 0.717) is 12.6 Å². The minimum Gasteiger partial charge on any atom is -0.352 e. The first-order chi connectivity index (χ1) is 9.24. The summed E-state index contributed by atoms with van der Waals surface area (Å²) in [6, 6.07) is 0.231. The van der Waals surface area contributed by atoms with Gasteiger partial charge in [-0.15, -0.1) is 10.2 Å². The molecule has 1 aromatic rings. The smallest absolute Gasteiger partial charge is 0.237 e. The molecular weight excluding hydrogens is 242 g/mol. The number of amides is 1. The molecule has 1 atom stereocenters. The first kappa shape index (κ1) is 12.6. The lowest BCUT2D eigenvalue weighted by Gasteiger charge is -2.17. The van der Waals surface area contributed by atoms with Gasteiger partial charge in [-0.3, -0.25) is 10.1 Å². The fourth-order valence-electron chi connectivity index (χ4n) is 2.39. The van der Waals surface area contributed by atoms with Crippen molar-refractivity contribution < 1.29 is 4.79 Å². The molecular formula is C13H21N5O. The molecule has 0 aromatic carbocycles. The molecule has 104 valence electrons. The summed E-state index contributed by atoms with van der Waals surface area (Å²) >= 11 is 0. The number of rotatable bonds is 5. The van der Waals surface area contributed by atoms with Crippen LogP contribution in [-0.4, -0.2) is 32.8 Å². The van der Waals surface area contributed by atoms with Gasteiger partial charge < -0.3 is 9.88 Å². The lowest BCUT2D eigenvalue weighted by atomic mass is 10.1. The minimum atomic E-state index is -0.183. The van der Waals surface area contributed by atoms with E-state index in [2.05, 4.69) is 25.4 Å². The Balaban J connectivity index is 1.53. The summed E-state index contributed by atoms with van der Waals surface area (Å²) in [4.78, 5) is 11.8. The Hall–Kier alpha value is -1.43. The van der Waals surface area contributed by atoms with E-state index in [1.807, 2.05) is 6.92 Å². The van der Waals surface area contributed by atoms with Crippen molar-refractivity contribution >= 4 is 5.91 Å². The fraction of sp³-hybridized carbons (Fsp3) is 0.769. The molecule has 2 aliphatic rings. The second kappa shape index (κ2) is 5.28. The molecule has 0 spiro atoms. The van der Waals surface area contributed by atoms with Gasteiger partial charge in [-0.1, -0.05) is 0 Å². The highest BCUT2D eigenvalue weighted by molar-refractivity contribution is 5.81. The number of aryl methyl sites for hydroxylation is 1. The van der Waals surface area contributed by atoms with Crippen molar-refractivity contribution in [2.75, 3.05) is 0 Å². The van der Waals surface area contributed by atoms with Crippen molar-refractivity contribution in [3.63, 3.8) is 0 Å². The van der Waals surface area contributed by atoms with Gasteiger partial charge in [0.1, 0.15) is 11.6 Å². The van der Waals surface area contributed by atoms with Gasteiger partial charge in [0.15, 0.2) is 0 Å². The molecule has 1 amide bonds. The maximum Gasteiger partial charge on any atom is 0.237 e. The molecule has 1 aliphatic heterocycles. The number of nitrogens with one attached hydrogen (secondary N) is 2. The molecule has 0 saturated heterocycles. The summed E-state index contributed by atoms with van der Waals surface area (Å²) in [5, 5.41) is 14.7. The van der Waals surface area contributed by atoms with E-state index in [4.69, 9.17) is 0 Å². The molecule has 6 nitrogen and oxygen atoms in total.